The first kappa shape index (κ1) is 12.3. The van der Waals surface area contributed by atoms with Crippen LogP contribution in [0.15, 0.2) is 43.0 Å². The smallest absolute Gasteiger partial charge is 0.249 e. The molecule has 1 aromatic carbocycles. The standard InChI is InChI=1S/C16H21N2O/c1-16(2)10-13(11-16)17-8-9-18(12-17)14-6-4-5-7-15(14)19-3/h4-9,12-13H,10-11H2,1-3H3/q+1. The third-order valence-corrected chi connectivity index (χ3v) is 4.02. The lowest BCUT2D eigenvalue weighted by atomic mass is 9.68. The summed E-state index contributed by atoms with van der Waals surface area (Å²) in [5.41, 5.74) is 1.59. The first-order valence-corrected chi connectivity index (χ1v) is 6.81. The third kappa shape index (κ3) is 2.25. The van der Waals surface area contributed by atoms with E-state index < -0.39 is 0 Å². The minimum Gasteiger partial charge on any atom is -0.492 e. The summed E-state index contributed by atoms with van der Waals surface area (Å²) in [5.74, 6) is 0.902. The van der Waals surface area contributed by atoms with Crippen LogP contribution in [0.4, 0.5) is 0 Å². The highest BCUT2D eigenvalue weighted by molar-refractivity contribution is 5.46. The summed E-state index contributed by atoms with van der Waals surface area (Å²) in [7, 11) is 1.71. The highest BCUT2D eigenvalue weighted by Gasteiger charge is 2.40. The Kier molecular flexibility index (Phi) is 2.85. The molecule has 0 spiro atoms. The van der Waals surface area contributed by atoms with Crippen molar-refractivity contribution in [1.82, 2.24) is 4.57 Å². The lowest BCUT2D eigenvalue weighted by molar-refractivity contribution is -0.738. The van der Waals surface area contributed by atoms with Crippen LogP contribution >= 0.6 is 0 Å². The van der Waals surface area contributed by atoms with Crippen molar-refractivity contribution < 1.29 is 9.30 Å². The number of benzene rings is 1. The molecule has 0 radical (unpaired) electrons. The molecule has 1 fully saturated rings. The molecule has 0 bridgehead atoms. The van der Waals surface area contributed by atoms with E-state index in [4.69, 9.17) is 4.74 Å². The lowest BCUT2D eigenvalue weighted by Gasteiger charge is -2.40. The van der Waals surface area contributed by atoms with E-state index in [1.165, 1.54) is 12.8 Å². The zero-order valence-corrected chi connectivity index (χ0v) is 11.8. The van der Waals surface area contributed by atoms with E-state index in [-0.39, 0.29) is 0 Å². The second-order valence-electron chi connectivity index (χ2n) is 6.17. The number of rotatable bonds is 3. The average molecular weight is 257 g/mol. The first-order chi connectivity index (χ1) is 9.09. The summed E-state index contributed by atoms with van der Waals surface area (Å²) in [4.78, 5) is 0. The maximum Gasteiger partial charge on any atom is 0.249 e. The predicted molar refractivity (Wildman–Crippen MR) is 74.6 cm³/mol. The van der Waals surface area contributed by atoms with Gasteiger partial charge >= 0.3 is 0 Å². The van der Waals surface area contributed by atoms with Crippen LogP contribution in [0.1, 0.15) is 32.7 Å². The van der Waals surface area contributed by atoms with Crippen molar-refractivity contribution in [3.8, 4) is 11.4 Å². The second-order valence-corrected chi connectivity index (χ2v) is 6.17. The van der Waals surface area contributed by atoms with Gasteiger partial charge in [-0.3, -0.25) is 0 Å². The van der Waals surface area contributed by atoms with Crippen LogP contribution in [0, 0.1) is 5.41 Å². The van der Waals surface area contributed by atoms with E-state index >= 15 is 0 Å². The molecule has 100 valence electrons. The molecule has 2 aromatic rings. The molecular formula is C16H21N2O+. The molecule has 1 saturated carbocycles. The van der Waals surface area contributed by atoms with Gasteiger partial charge in [-0.2, -0.15) is 4.57 Å². The Labute approximate surface area is 114 Å². The molecule has 0 unspecified atom stereocenters. The van der Waals surface area contributed by atoms with Crippen molar-refractivity contribution in [2.24, 2.45) is 5.41 Å². The monoisotopic (exact) mass is 257 g/mol. The predicted octanol–water partition coefficient (Wildman–Crippen LogP) is 3.13. The van der Waals surface area contributed by atoms with Crippen LogP contribution in [-0.4, -0.2) is 11.7 Å². The fourth-order valence-electron chi connectivity index (χ4n) is 3.00. The number of aromatic nitrogens is 2. The highest BCUT2D eigenvalue weighted by atomic mass is 16.5. The van der Waals surface area contributed by atoms with Gasteiger partial charge in [-0.05, 0) is 30.4 Å². The molecule has 1 aliphatic rings. The Morgan fingerprint density at radius 2 is 2.00 bits per heavy atom. The molecule has 0 aliphatic heterocycles. The van der Waals surface area contributed by atoms with E-state index in [2.05, 4.69) is 47.8 Å². The molecule has 0 saturated heterocycles. The lowest BCUT2D eigenvalue weighted by Crippen LogP contribution is -2.48. The van der Waals surface area contributed by atoms with Gasteiger partial charge in [0.15, 0.2) is 11.4 Å². The number of hydrogen-bond acceptors (Lipinski definition) is 1. The minimum absolute atomic E-state index is 0.504. The van der Waals surface area contributed by atoms with Crippen molar-refractivity contribution >= 4 is 0 Å². The summed E-state index contributed by atoms with van der Waals surface area (Å²) in [6, 6.07) is 8.74. The minimum atomic E-state index is 0.504. The normalized spacial score (nSPS) is 18.1. The Bertz CT molecular complexity index is 578. The van der Waals surface area contributed by atoms with Crippen molar-refractivity contribution in [3.63, 3.8) is 0 Å². The molecule has 1 aliphatic carbocycles. The number of imidazole rings is 1. The molecule has 0 N–H and O–H groups in total. The molecule has 3 nitrogen and oxygen atoms in total. The van der Waals surface area contributed by atoms with Gasteiger partial charge in [0.2, 0.25) is 6.33 Å². The first-order valence-electron chi connectivity index (χ1n) is 6.81. The topological polar surface area (TPSA) is 18.0 Å². The molecular weight excluding hydrogens is 236 g/mol. The van der Waals surface area contributed by atoms with E-state index in [1.54, 1.807) is 7.11 Å². The van der Waals surface area contributed by atoms with Crippen LogP contribution < -0.4 is 9.30 Å². The second kappa shape index (κ2) is 4.41. The fraction of sp³-hybridized carbons (Fsp3) is 0.438. The van der Waals surface area contributed by atoms with Crippen LogP contribution in [0.25, 0.3) is 5.69 Å². The molecule has 3 rings (SSSR count). The largest absolute Gasteiger partial charge is 0.492 e. The van der Waals surface area contributed by atoms with Crippen molar-refractivity contribution in [2.75, 3.05) is 7.11 Å². The molecule has 0 atom stereocenters. The third-order valence-electron chi connectivity index (χ3n) is 4.02. The zero-order chi connectivity index (χ0) is 13.5. The van der Waals surface area contributed by atoms with Crippen molar-refractivity contribution in [2.45, 2.75) is 32.7 Å². The molecule has 0 amide bonds. The summed E-state index contributed by atoms with van der Waals surface area (Å²) >= 11 is 0. The van der Waals surface area contributed by atoms with Crippen LogP contribution in [-0.2, 0) is 0 Å². The van der Waals surface area contributed by atoms with Gasteiger partial charge in [0.25, 0.3) is 0 Å². The molecule has 3 heteroatoms. The number of hydrogen-bond donors (Lipinski definition) is 0. The summed E-state index contributed by atoms with van der Waals surface area (Å²) in [6.45, 7) is 4.67. The fourth-order valence-corrected chi connectivity index (χ4v) is 3.00. The number of methoxy groups -OCH3 is 1. The van der Waals surface area contributed by atoms with E-state index in [0.717, 1.165) is 11.4 Å². The molecule has 1 aromatic heterocycles. The average Bonchev–Trinajstić information content (AvgIpc) is 2.85. The Balaban J connectivity index is 1.85. The SMILES string of the molecule is COc1ccccc1-n1cc[n+](C2CC(C)(C)C2)c1. The Morgan fingerprint density at radius 3 is 2.68 bits per heavy atom. The van der Waals surface area contributed by atoms with E-state index in [9.17, 15) is 0 Å². The van der Waals surface area contributed by atoms with Gasteiger partial charge in [-0.15, -0.1) is 0 Å². The van der Waals surface area contributed by atoms with Crippen LogP contribution in [0.2, 0.25) is 0 Å². The molecule has 19 heavy (non-hydrogen) atoms. The van der Waals surface area contributed by atoms with Gasteiger partial charge in [-0.1, -0.05) is 26.0 Å². The van der Waals surface area contributed by atoms with Crippen LogP contribution in [0.5, 0.6) is 5.75 Å². The van der Waals surface area contributed by atoms with Gasteiger partial charge in [0.1, 0.15) is 18.4 Å². The summed E-state index contributed by atoms with van der Waals surface area (Å²) < 4.78 is 9.86. The maximum absolute atomic E-state index is 5.41. The number of ether oxygens (including phenoxy) is 1. The Morgan fingerprint density at radius 1 is 1.26 bits per heavy atom. The maximum atomic E-state index is 5.41. The summed E-state index contributed by atoms with van der Waals surface area (Å²) in [5, 5.41) is 0. The van der Waals surface area contributed by atoms with E-state index in [0.29, 0.717) is 11.5 Å². The zero-order valence-electron chi connectivity index (χ0n) is 11.8. The van der Waals surface area contributed by atoms with Gasteiger partial charge < -0.3 is 4.74 Å². The highest BCUT2D eigenvalue weighted by Crippen LogP contribution is 2.44. The van der Waals surface area contributed by atoms with Gasteiger partial charge in [-0.25, -0.2) is 4.57 Å². The summed E-state index contributed by atoms with van der Waals surface area (Å²) in [6.07, 6.45) is 8.94. The van der Waals surface area contributed by atoms with E-state index in [1.807, 2.05) is 18.2 Å². The molecule has 1 heterocycles. The number of nitrogens with zero attached hydrogens (tertiary/aromatic N) is 2. The Hall–Kier alpha value is -1.77. The van der Waals surface area contributed by atoms with Crippen molar-refractivity contribution in [3.05, 3.63) is 43.0 Å². The number of para-hydroxylation sites is 2. The quantitative estimate of drug-likeness (QED) is 0.773. The van der Waals surface area contributed by atoms with Crippen LogP contribution in [0.3, 0.4) is 0 Å². The van der Waals surface area contributed by atoms with Gasteiger partial charge in [0.05, 0.1) is 7.11 Å². The van der Waals surface area contributed by atoms with Crippen molar-refractivity contribution in [1.29, 1.82) is 0 Å². The van der Waals surface area contributed by atoms with Gasteiger partial charge in [0, 0.05) is 0 Å².